The van der Waals surface area contributed by atoms with E-state index >= 15 is 0 Å². The van der Waals surface area contributed by atoms with Crippen molar-refractivity contribution >= 4 is 18.3 Å². The topological polar surface area (TPSA) is 35.2 Å². The second-order valence-electron chi connectivity index (χ2n) is 2.31. The highest BCUT2D eigenvalue weighted by molar-refractivity contribution is 7.83. The highest BCUT2D eigenvalue weighted by Gasteiger charge is 1.95. The lowest BCUT2D eigenvalue weighted by atomic mass is 10.2. The third-order valence-electron chi connectivity index (χ3n) is 1.56. The molecule has 1 rings (SSSR count). The van der Waals surface area contributed by atoms with Gasteiger partial charge < -0.3 is 10.5 Å². The predicted octanol–water partition coefficient (Wildman–Crippen LogP) is 1.88. The molecule has 0 amide bonds. The number of hydrogen-bond acceptors (Lipinski definition) is 3. The van der Waals surface area contributed by atoms with Crippen LogP contribution in [0.2, 0.25) is 0 Å². The van der Waals surface area contributed by atoms with Crippen molar-refractivity contribution in [2.24, 2.45) is 5.73 Å². The SMILES string of the molecule is COc1ccc(/C(N)=C/S)cc1. The standard InChI is InChI=1S/C9H11NOS/c1-11-8-4-2-7(3-5-8)9(10)6-12/h2-6,12H,10H2,1H3/b9-6-. The maximum atomic E-state index is 5.63. The molecule has 0 saturated carbocycles. The molecule has 0 aliphatic carbocycles. The number of thiol groups is 1. The normalized spacial score (nSPS) is 11.3. The van der Waals surface area contributed by atoms with Gasteiger partial charge in [-0.25, -0.2) is 0 Å². The summed E-state index contributed by atoms with van der Waals surface area (Å²) >= 11 is 3.96. The molecule has 2 nitrogen and oxygen atoms in total. The highest BCUT2D eigenvalue weighted by Crippen LogP contribution is 2.15. The Morgan fingerprint density at radius 2 is 2.00 bits per heavy atom. The highest BCUT2D eigenvalue weighted by atomic mass is 32.1. The van der Waals surface area contributed by atoms with E-state index in [4.69, 9.17) is 10.5 Å². The van der Waals surface area contributed by atoms with E-state index in [9.17, 15) is 0 Å². The molecule has 12 heavy (non-hydrogen) atoms. The third-order valence-corrected chi connectivity index (χ3v) is 1.84. The Morgan fingerprint density at radius 3 is 2.42 bits per heavy atom. The average Bonchev–Trinajstić information content (AvgIpc) is 2.17. The third kappa shape index (κ3) is 1.95. The fourth-order valence-corrected chi connectivity index (χ4v) is 1.01. The van der Waals surface area contributed by atoms with Crippen LogP contribution in [-0.2, 0) is 0 Å². The van der Waals surface area contributed by atoms with E-state index in [0.717, 1.165) is 11.3 Å². The Morgan fingerprint density at radius 1 is 1.42 bits per heavy atom. The molecule has 2 N–H and O–H groups in total. The van der Waals surface area contributed by atoms with Gasteiger partial charge in [-0.05, 0) is 35.2 Å². The molecule has 0 atom stereocenters. The minimum atomic E-state index is 0.654. The van der Waals surface area contributed by atoms with Crippen LogP contribution in [0.1, 0.15) is 5.56 Å². The van der Waals surface area contributed by atoms with Gasteiger partial charge in [0.15, 0.2) is 0 Å². The minimum absolute atomic E-state index is 0.654. The molecule has 1 aromatic carbocycles. The van der Waals surface area contributed by atoms with Gasteiger partial charge in [0, 0.05) is 5.70 Å². The molecule has 0 spiro atoms. The minimum Gasteiger partial charge on any atom is -0.497 e. The number of nitrogens with two attached hydrogens (primary N) is 1. The van der Waals surface area contributed by atoms with Crippen molar-refractivity contribution in [3.05, 3.63) is 35.2 Å². The van der Waals surface area contributed by atoms with Crippen molar-refractivity contribution in [3.8, 4) is 5.75 Å². The Bertz CT molecular complexity index is 279. The van der Waals surface area contributed by atoms with Crippen molar-refractivity contribution in [2.45, 2.75) is 0 Å². The fraction of sp³-hybridized carbons (Fsp3) is 0.111. The fourth-order valence-electron chi connectivity index (χ4n) is 0.858. The van der Waals surface area contributed by atoms with Crippen molar-refractivity contribution in [2.75, 3.05) is 7.11 Å². The Kier molecular flexibility index (Phi) is 3.05. The molecule has 0 radical (unpaired) electrons. The molecule has 0 aliphatic heterocycles. The molecule has 0 bridgehead atoms. The van der Waals surface area contributed by atoms with Crippen LogP contribution in [0.15, 0.2) is 29.7 Å². The summed E-state index contributed by atoms with van der Waals surface area (Å²) < 4.78 is 5.00. The molecule has 0 aromatic heterocycles. The summed E-state index contributed by atoms with van der Waals surface area (Å²) in [5, 5.41) is 1.57. The lowest BCUT2D eigenvalue weighted by molar-refractivity contribution is 0.415. The lowest BCUT2D eigenvalue weighted by Gasteiger charge is -2.02. The van der Waals surface area contributed by atoms with Crippen molar-refractivity contribution in [3.63, 3.8) is 0 Å². The van der Waals surface area contributed by atoms with E-state index in [0.29, 0.717) is 5.70 Å². The molecule has 0 aliphatic rings. The first-order valence-electron chi connectivity index (χ1n) is 3.52. The molecule has 1 aromatic rings. The van der Waals surface area contributed by atoms with Crippen LogP contribution < -0.4 is 10.5 Å². The summed E-state index contributed by atoms with van der Waals surface area (Å²) in [5.41, 5.74) is 7.23. The van der Waals surface area contributed by atoms with Gasteiger partial charge in [0.05, 0.1) is 7.11 Å². The maximum absolute atomic E-state index is 5.63. The van der Waals surface area contributed by atoms with Crippen LogP contribution in [0.25, 0.3) is 5.70 Å². The molecule has 0 unspecified atom stereocenters. The van der Waals surface area contributed by atoms with Crippen LogP contribution >= 0.6 is 12.6 Å². The van der Waals surface area contributed by atoms with Crippen LogP contribution in [0.5, 0.6) is 5.75 Å². The first-order chi connectivity index (χ1) is 5.77. The van der Waals surface area contributed by atoms with Crippen LogP contribution in [0.4, 0.5) is 0 Å². The van der Waals surface area contributed by atoms with Gasteiger partial charge >= 0.3 is 0 Å². The first-order valence-corrected chi connectivity index (χ1v) is 4.04. The molecule has 3 heteroatoms. The summed E-state index contributed by atoms with van der Waals surface area (Å²) in [7, 11) is 1.63. The molecular formula is C9H11NOS. The van der Waals surface area contributed by atoms with Gasteiger partial charge in [0.2, 0.25) is 0 Å². The van der Waals surface area contributed by atoms with Crippen LogP contribution in [0, 0.1) is 0 Å². The predicted molar refractivity (Wildman–Crippen MR) is 54.1 cm³/mol. The quantitative estimate of drug-likeness (QED) is 0.683. The van der Waals surface area contributed by atoms with Gasteiger partial charge in [-0.3, -0.25) is 0 Å². The summed E-state index contributed by atoms with van der Waals surface area (Å²) in [6, 6.07) is 7.50. The zero-order valence-corrected chi connectivity index (χ0v) is 7.71. The number of hydrogen-bond donors (Lipinski definition) is 2. The monoisotopic (exact) mass is 181 g/mol. The Labute approximate surface area is 77.4 Å². The smallest absolute Gasteiger partial charge is 0.118 e. The number of ether oxygens (including phenoxy) is 1. The summed E-state index contributed by atoms with van der Waals surface area (Å²) in [6.07, 6.45) is 0. The van der Waals surface area contributed by atoms with Crippen molar-refractivity contribution in [1.29, 1.82) is 0 Å². The molecule has 0 fully saturated rings. The van der Waals surface area contributed by atoms with E-state index < -0.39 is 0 Å². The average molecular weight is 181 g/mol. The molecule has 0 saturated heterocycles. The van der Waals surface area contributed by atoms with Gasteiger partial charge in [0.25, 0.3) is 0 Å². The van der Waals surface area contributed by atoms with Crippen LogP contribution in [0.3, 0.4) is 0 Å². The zero-order chi connectivity index (χ0) is 8.97. The van der Waals surface area contributed by atoms with Gasteiger partial charge in [-0.1, -0.05) is 0 Å². The second kappa shape index (κ2) is 4.07. The van der Waals surface area contributed by atoms with E-state index in [2.05, 4.69) is 12.6 Å². The maximum Gasteiger partial charge on any atom is 0.118 e. The number of benzene rings is 1. The molecular weight excluding hydrogens is 170 g/mol. The van der Waals surface area contributed by atoms with Gasteiger partial charge in [0.1, 0.15) is 5.75 Å². The van der Waals surface area contributed by atoms with Crippen molar-refractivity contribution in [1.82, 2.24) is 0 Å². The largest absolute Gasteiger partial charge is 0.497 e. The summed E-state index contributed by atoms with van der Waals surface area (Å²) in [6.45, 7) is 0. The molecule has 64 valence electrons. The van der Waals surface area contributed by atoms with E-state index in [-0.39, 0.29) is 0 Å². The molecule has 0 heterocycles. The summed E-state index contributed by atoms with van der Waals surface area (Å²) in [5.74, 6) is 0.825. The zero-order valence-electron chi connectivity index (χ0n) is 6.82. The Hall–Kier alpha value is -1.09. The van der Waals surface area contributed by atoms with Gasteiger partial charge in [-0.2, -0.15) is 0 Å². The van der Waals surface area contributed by atoms with E-state index in [1.54, 1.807) is 12.5 Å². The van der Waals surface area contributed by atoms with Gasteiger partial charge in [-0.15, -0.1) is 12.6 Å². The van der Waals surface area contributed by atoms with E-state index in [1.165, 1.54) is 0 Å². The van der Waals surface area contributed by atoms with E-state index in [1.807, 2.05) is 24.3 Å². The number of methoxy groups -OCH3 is 1. The van der Waals surface area contributed by atoms with Crippen molar-refractivity contribution < 1.29 is 4.74 Å². The van der Waals surface area contributed by atoms with Crippen LogP contribution in [-0.4, -0.2) is 7.11 Å². The second-order valence-corrected chi connectivity index (χ2v) is 2.57. The lowest BCUT2D eigenvalue weighted by Crippen LogP contribution is -1.94. The Balaban J connectivity index is 2.92. The first kappa shape index (κ1) is 9.00. The summed E-state index contributed by atoms with van der Waals surface area (Å²) in [4.78, 5) is 0. The number of rotatable bonds is 2.